The topological polar surface area (TPSA) is 85.3 Å². The fraction of sp³-hybridized carbons (Fsp3) is 0.462. The van der Waals surface area contributed by atoms with Crippen LogP contribution in [0.1, 0.15) is 18.7 Å². The van der Waals surface area contributed by atoms with Crippen LogP contribution in [0.15, 0.2) is 22.0 Å². The highest BCUT2D eigenvalue weighted by atomic mass is 32.1. The maximum atomic E-state index is 11.3. The van der Waals surface area contributed by atoms with E-state index in [9.17, 15) is 4.79 Å². The third-order valence-electron chi connectivity index (χ3n) is 3.48. The van der Waals surface area contributed by atoms with Crippen LogP contribution in [-0.4, -0.2) is 34.0 Å². The Labute approximate surface area is 120 Å². The highest BCUT2D eigenvalue weighted by molar-refractivity contribution is 7.13. The first-order valence-corrected chi connectivity index (χ1v) is 7.48. The first-order valence-electron chi connectivity index (χ1n) is 6.60. The number of rotatable bonds is 4. The Kier molecular flexibility index (Phi) is 3.79. The molecular weight excluding hydrogens is 276 g/mol. The van der Waals surface area contributed by atoms with E-state index in [1.807, 2.05) is 17.5 Å². The summed E-state index contributed by atoms with van der Waals surface area (Å²) in [6.07, 6.45) is 1.84. The minimum absolute atomic E-state index is 0.0663. The standard InChI is InChI=1S/C13H16N4O2S/c14-12(18)9-3-1-5-17(7-9)8-11-15-13(16-19-11)10-4-2-6-20-10/h2,4,6,9H,1,3,5,7-8H2,(H2,14,18). The van der Waals surface area contributed by atoms with Crippen LogP contribution in [0.25, 0.3) is 10.7 Å². The third-order valence-corrected chi connectivity index (χ3v) is 4.34. The van der Waals surface area contributed by atoms with Gasteiger partial charge in [0.15, 0.2) is 0 Å². The number of thiophene rings is 1. The molecule has 0 saturated carbocycles. The third kappa shape index (κ3) is 2.88. The molecule has 0 radical (unpaired) electrons. The second kappa shape index (κ2) is 5.72. The normalized spacial score (nSPS) is 20.1. The molecule has 1 unspecified atom stereocenters. The molecule has 106 valence electrons. The molecule has 2 aromatic heterocycles. The second-order valence-corrected chi connectivity index (χ2v) is 5.91. The molecule has 3 rings (SSSR count). The van der Waals surface area contributed by atoms with Crippen molar-refractivity contribution in [1.82, 2.24) is 15.0 Å². The van der Waals surface area contributed by atoms with Gasteiger partial charge in [0.1, 0.15) is 0 Å². The number of carbonyl (C=O) groups is 1. The van der Waals surface area contributed by atoms with Gasteiger partial charge in [0, 0.05) is 6.54 Å². The number of aromatic nitrogens is 2. The summed E-state index contributed by atoms with van der Waals surface area (Å²) < 4.78 is 5.27. The predicted molar refractivity (Wildman–Crippen MR) is 74.8 cm³/mol. The van der Waals surface area contributed by atoms with Gasteiger partial charge in [0.05, 0.1) is 17.3 Å². The van der Waals surface area contributed by atoms with Crippen LogP contribution in [0, 0.1) is 5.92 Å². The SMILES string of the molecule is NC(=O)C1CCCN(Cc2nc(-c3cccs3)no2)C1. The van der Waals surface area contributed by atoms with Crippen molar-refractivity contribution >= 4 is 17.2 Å². The minimum atomic E-state index is -0.223. The fourth-order valence-electron chi connectivity index (χ4n) is 2.45. The van der Waals surface area contributed by atoms with Crippen molar-refractivity contribution in [2.24, 2.45) is 11.7 Å². The summed E-state index contributed by atoms with van der Waals surface area (Å²) in [6, 6.07) is 3.92. The summed E-state index contributed by atoms with van der Waals surface area (Å²) in [5.74, 6) is 0.917. The Bertz CT molecular complexity index is 581. The van der Waals surface area contributed by atoms with Crippen LogP contribution in [0.4, 0.5) is 0 Å². The number of hydrogen-bond acceptors (Lipinski definition) is 6. The molecule has 1 aliphatic heterocycles. The largest absolute Gasteiger partial charge is 0.369 e. The highest BCUT2D eigenvalue weighted by Gasteiger charge is 2.25. The van der Waals surface area contributed by atoms with Crippen LogP contribution in [0.5, 0.6) is 0 Å². The molecule has 1 aliphatic rings. The zero-order valence-electron chi connectivity index (χ0n) is 11.0. The Morgan fingerprint density at radius 1 is 1.60 bits per heavy atom. The lowest BCUT2D eigenvalue weighted by atomic mass is 9.97. The number of primary amides is 1. The van der Waals surface area contributed by atoms with Crippen molar-refractivity contribution in [3.8, 4) is 10.7 Å². The molecule has 0 spiro atoms. The van der Waals surface area contributed by atoms with Crippen LogP contribution in [-0.2, 0) is 11.3 Å². The number of piperidine rings is 1. The zero-order valence-corrected chi connectivity index (χ0v) is 11.8. The molecule has 0 aliphatic carbocycles. The number of carbonyl (C=O) groups excluding carboxylic acids is 1. The minimum Gasteiger partial charge on any atom is -0.369 e. The van der Waals surface area contributed by atoms with E-state index in [0.29, 0.717) is 24.8 Å². The molecule has 7 heteroatoms. The van der Waals surface area contributed by atoms with Crippen molar-refractivity contribution in [3.05, 3.63) is 23.4 Å². The molecule has 6 nitrogen and oxygen atoms in total. The lowest BCUT2D eigenvalue weighted by Gasteiger charge is -2.29. The number of hydrogen-bond donors (Lipinski definition) is 1. The lowest BCUT2D eigenvalue weighted by Crippen LogP contribution is -2.40. The van der Waals surface area contributed by atoms with Gasteiger partial charge in [-0.05, 0) is 30.8 Å². The van der Waals surface area contributed by atoms with E-state index in [1.54, 1.807) is 11.3 Å². The maximum absolute atomic E-state index is 11.3. The maximum Gasteiger partial charge on any atom is 0.241 e. The van der Waals surface area contributed by atoms with Crippen molar-refractivity contribution in [3.63, 3.8) is 0 Å². The predicted octanol–water partition coefficient (Wildman–Crippen LogP) is 1.50. The van der Waals surface area contributed by atoms with Crippen molar-refractivity contribution < 1.29 is 9.32 Å². The molecular formula is C13H16N4O2S. The van der Waals surface area contributed by atoms with E-state index in [4.69, 9.17) is 10.3 Å². The van der Waals surface area contributed by atoms with Crippen LogP contribution in [0.2, 0.25) is 0 Å². The van der Waals surface area contributed by atoms with Crippen LogP contribution in [0.3, 0.4) is 0 Å². The molecule has 2 N–H and O–H groups in total. The quantitative estimate of drug-likeness (QED) is 0.923. The smallest absolute Gasteiger partial charge is 0.241 e. The van der Waals surface area contributed by atoms with Gasteiger partial charge in [-0.1, -0.05) is 11.2 Å². The lowest BCUT2D eigenvalue weighted by molar-refractivity contribution is -0.123. The molecule has 3 heterocycles. The molecule has 1 fully saturated rings. The molecule has 1 saturated heterocycles. The van der Waals surface area contributed by atoms with Gasteiger partial charge in [-0.25, -0.2) is 0 Å². The van der Waals surface area contributed by atoms with Crippen LogP contribution < -0.4 is 5.73 Å². The first kappa shape index (κ1) is 13.3. The molecule has 0 bridgehead atoms. The van der Waals surface area contributed by atoms with Gasteiger partial charge in [-0.3, -0.25) is 9.69 Å². The number of amides is 1. The Balaban J connectivity index is 1.64. The molecule has 1 amide bonds. The Hall–Kier alpha value is -1.73. The summed E-state index contributed by atoms with van der Waals surface area (Å²) in [4.78, 5) is 18.8. The molecule has 2 aromatic rings. The summed E-state index contributed by atoms with van der Waals surface area (Å²) in [7, 11) is 0. The van der Waals surface area contributed by atoms with Gasteiger partial charge >= 0.3 is 0 Å². The van der Waals surface area contributed by atoms with Gasteiger partial charge in [-0.2, -0.15) is 4.98 Å². The molecule has 0 aromatic carbocycles. The Morgan fingerprint density at radius 3 is 3.25 bits per heavy atom. The second-order valence-electron chi connectivity index (χ2n) is 4.97. The van der Waals surface area contributed by atoms with E-state index in [2.05, 4.69) is 15.0 Å². The van der Waals surface area contributed by atoms with Crippen LogP contribution >= 0.6 is 11.3 Å². The monoisotopic (exact) mass is 292 g/mol. The molecule has 1 atom stereocenters. The molecule has 20 heavy (non-hydrogen) atoms. The number of likely N-dealkylation sites (tertiary alicyclic amines) is 1. The Morgan fingerprint density at radius 2 is 2.50 bits per heavy atom. The average Bonchev–Trinajstić information content (AvgIpc) is 3.09. The average molecular weight is 292 g/mol. The fourth-order valence-corrected chi connectivity index (χ4v) is 3.10. The van der Waals surface area contributed by atoms with Gasteiger partial charge in [0.2, 0.25) is 17.6 Å². The van der Waals surface area contributed by atoms with E-state index in [1.165, 1.54) is 0 Å². The first-order chi connectivity index (χ1) is 9.72. The summed E-state index contributed by atoms with van der Waals surface area (Å²) in [6.45, 7) is 2.18. The van der Waals surface area contributed by atoms with Gasteiger partial charge in [-0.15, -0.1) is 11.3 Å². The van der Waals surface area contributed by atoms with E-state index < -0.39 is 0 Å². The summed E-state index contributed by atoms with van der Waals surface area (Å²) in [5, 5.41) is 5.96. The van der Waals surface area contributed by atoms with Crippen molar-refractivity contribution in [1.29, 1.82) is 0 Å². The van der Waals surface area contributed by atoms with E-state index >= 15 is 0 Å². The van der Waals surface area contributed by atoms with E-state index in [0.717, 1.165) is 24.3 Å². The summed E-state index contributed by atoms with van der Waals surface area (Å²) in [5.41, 5.74) is 5.38. The van der Waals surface area contributed by atoms with Gasteiger partial charge < -0.3 is 10.3 Å². The highest BCUT2D eigenvalue weighted by Crippen LogP contribution is 2.22. The van der Waals surface area contributed by atoms with Crippen molar-refractivity contribution in [2.75, 3.05) is 13.1 Å². The summed E-state index contributed by atoms with van der Waals surface area (Å²) >= 11 is 1.58. The van der Waals surface area contributed by atoms with Crippen molar-refractivity contribution in [2.45, 2.75) is 19.4 Å². The number of nitrogens with zero attached hydrogens (tertiary/aromatic N) is 3. The van der Waals surface area contributed by atoms with Gasteiger partial charge in [0.25, 0.3) is 0 Å². The zero-order chi connectivity index (χ0) is 13.9. The van der Waals surface area contributed by atoms with E-state index in [-0.39, 0.29) is 11.8 Å². The number of nitrogens with two attached hydrogens (primary N) is 1.